The first-order valence-corrected chi connectivity index (χ1v) is 4.84. The molecule has 0 bridgehead atoms. The molecule has 2 heterocycles. The molecule has 0 spiro atoms. The summed E-state index contributed by atoms with van der Waals surface area (Å²) in [5.74, 6) is -0.681. The van der Waals surface area contributed by atoms with Crippen molar-refractivity contribution in [2.75, 3.05) is 0 Å². The van der Waals surface area contributed by atoms with Crippen molar-refractivity contribution >= 4 is 17.1 Å². The Morgan fingerprint density at radius 2 is 2.29 bits per heavy atom. The van der Waals surface area contributed by atoms with E-state index in [1.165, 1.54) is 23.6 Å². The van der Waals surface area contributed by atoms with Crippen LogP contribution in [0.1, 0.15) is 15.2 Å². The van der Waals surface area contributed by atoms with Gasteiger partial charge in [0.25, 0.3) is 0 Å². The summed E-state index contributed by atoms with van der Waals surface area (Å²) in [5, 5.41) is 1.81. The van der Waals surface area contributed by atoms with Gasteiger partial charge in [0.1, 0.15) is 5.82 Å². The maximum Gasteiger partial charge on any atom is 0.204 e. The number of rotatable bonds is 2. The molecule has 0 aliphatic carbocycles. The lowest BCUT2D eigenvalue weighted by atomic mass is 10.1. The number of carbonyl (C=O) groups excluding carboxylic acids is 1. The van der Waals surface area contributed by atoms with Gasteiger partial charge in [0.2, 0.25) is 5.78 Å². The zero-order valence-electron chi connectivity index (χ0n) is 7.11. The molecular formula is C10H6FNOS. The first-order chi connectivity index (χ1) is 6.77. The minimum absolute atomic E-state index is 0.188. The van der Waals surface area contributed by atoms with Crippen molar-refractivity contribution in [1.29, 1.82) is 0 Å². The van der Waals surface area contributed by atoms with Gasteiger partial charge in [-0.05, 0) is 17.5 Å². The number of carbonyl (C=O) groups is 1. The van der Waals surface area contributed by atoms with Crippen molar-refractivity contribution in [3.05, 3.63) is 52.2 Å². The molecule has 0 saturated carbocycles. The third-order valence-electron chi connectivity index (χ3n) is 1.71. The lowest BCUT2D eigenvalue weighted by molar-refractivity contribution is 0.104. The monoisotopic (exact) mass is 207 g/mol. The number of nitrogens with zero attached hydrogens (tertiary/aromatic N) is 1. The van der Waals surface area contributed by atoms with Crippen LogP contribution in [0, 0.1) is 5.82 Å². The molecule has 2 rings (SSSR count). The van der Waals surface area contributed by atoms with Crippen molar-refractivity contribution in [2.45, 2.75) is 0 Å². The fourth-order valence-corrected chi connectivity index (χ4v) is 1.77. The van der Waals surface area contributed by atoms with Gasteiger partial charge in [0, 0.05) is 11.8 Å². The summed E-state index contributed by atoms with van der Waals surface area (Å²) in [6.07, 6.45) is 2.44. The standard InChI is InChI=1S/C10H6FNOS/c11-8-4-7(5-12-6-8)10(13)9-2-1-3-14-9/h1-6H. The van der Waals surface area contributed by atoms with Crippen LogP contribution in [0.3, 0.4) is 0 Å². The molecule has 70 valence electrons. The van der Waals surface area contributed by atoms with E-state index in [-0.39, 0.29) is 11.3 Å². The molecule has 0 unspecified atom stereocenters. The Morgan fingerprint density at radius 3 is 2.93 bits per heavy atom. The first kappa shape index (κ1) is 9.02. The lowest BCUT2D eigenvalue weighted by Crippen LogP contribution is -1.99. The third-order valence-corrected chi connectivity index (χ3v) is 2.58. The maximum absolute atomic E-state index is 12.8. The van der Waals surface area contributed by atoms with Gasteiger partial charge in [-0.1, -0.05) is 6.07 Å². The quantitative estimate of drug-likeness (QED) is 0.708. The second-order valence-corrected chi connectivity index (χ2v) is 3.65. The van der Waals surface area contributed by atoms with E-state index < -0.39 is 5.82 Å². The maximum atomic E-state index is 12.8. The van der Waals surface area contributed by atoms with Crippen LogP contribution in [0.4, 0.5) is 4.39 Å². The molecule has 0 aliphatic rings. The second kappa shape index (κ2) is 3.67. The number of halogens is 1. The van der Waals surface area contributed by atoms with Crippen molar-refractivity contribution < 1.29 is 9.18 Å². The summed E-state index contributed by atoms with van der Waals surface area (Å²) < 4.78 is 12.8. The molecule has 2 aromatic heterocycles. The number of ketones is 1. The van der Waals surface area contributed by atoms with E-state index in [0.29, 0.717) is 4.88 Å². The molecule has 2 nitrogen and oxygen atoms in total. The van der Waals surface area contributed by atoms with Gasteiger partial charge >= 0.3 is 0 Å². The minimum Gasteiger partial charge on any atom is -0.288 e. The van der Waals surface area contributed by atoms with E-state index in [1.807, 2.05) is 0 Å². The molecule has 14 heavy (non-hydrogen) atoms. The molecule has 4 heteroatoms. The number of aromatic nitrogens is 1. The molecule has 0 aromatic carbocycles. The van der Waals surface area contributed by atoms with Gasteiger partial charge < -0.3 is 0 Å². The summed E-state index contributed by atoms with van der Waals surface area (Å²) in [4.78, 5) is 15.9. The Morgan fingerprint density at radius 1 is 1.43 bits per heavy atom. The lowest BCUT2D eigenvalue weighted by Gasteiger charge is -1.96. The Hall–Kier alpha value is -1.55. The van der Waals surface area contributed by atoms with Gasteiger partial charge in [0.05, 0.1) is 11.1 Å². The van der Waals surface area contributed by atoms with Crippen LogP contribution in [-0.4, -0.2) is 10.8 Å². The molecule has 0 fully saturated rings. The van der Waals surface area contributed by atoms with E-state index in [2.05, 4.69) is 4.98 Å². The average Bonchev–Trinajstić information content (AvgIpc) is 2.69. The van der Waals surface area contributed by atoms with E-state index in [0.717, 1.165) is 6.20 Å². The Labute approximate surface area is 84.0 Å². The first-order valence-electron chi connectivity index (χ1n) is 3.96. The van der Waals surface area contributed by atoms with Crippen LogP contribution in [0.5, 0.6) is 0 Å². The van der Waals surface area contributed by atoms with Crippen molar-refractivity contribution in [1.82, 2.24) is 4.98 Å². The fourth-order valence-electron chi connectivity index (χ4n) is 1.09. The van der Waals surface area contributed by atoms with Crippen LogP contribution < -0.4 is 0 Å². The van der Waals surface area contributed by atoms with Gasteiger partial charge in [-0.3, -0.25) is 9.78 Å². The molecule has 2 aromatic rings. The van der Waals surface area contributed by atoms with Crippen molar-refractivity contribution in [3.8, 4) is 0 Å². The van der Waals surface area contributed by atoms with Crippen LogP contribution in [0.15, 0.2) is 36.0 Å². The Balaban J connectivity index is 2.37. The summed E-state index contributed by atoms with van der Waals surface area (Å²) in [7, 11) is 0. The highest BCUT2D eigenvalue weighted by atomic mass is 32.1. The molecule has 0 aliphatic heterocycles. The molecule has 0 saturated heterocycles. The predicted molar refractivity (Wildman–Crippen MR) is 51.9 cm³/mol. The number of hydrogen-bond donors (Lipinski definition) is 0. The largest absolute Gasteiger partial charge is 0.288 e. The zero-order chi connectivity index (χ0) is 9.97. The van der Waals surface area contributed by atoms with Crippen LogP contribution in [0.2, 0.25) is 0 Å². The molecular weight excluding hydrogens is 201 g/mol. The molecule has 0 N–H and O–H groups in total. The number of pyridine rings is 1. The predicted octanol–water partition coefficient (Wildman–Crippen LogP) is 2.51. The average molecular weight is 207 g/mol. The number of thiophene rings is 1. The smallest absolute Gasteiger partial charge is 0.204 e. The summed E-state index contributed by atoms with van der Waals surface area (Å²) in [6, 6.07) is 4.68. The Bertz CT molecular complexity index is 453. The number of hydrogen-bond acceptors (Lipinski definition) is 3. The van der Waals surface area contributed by atoms with Gasteiger partial charge in [-0.15, -0.1) is 11.3 Å². The zero-order valence-corrected chi connectivity index (χ0v) is 7.92. The van der Waals surface area contributed by atoms with Crippen molar-refractivity contribution in [3.63, 3.8) is 0 Å². The molecule has 0 atom stereocenters. The summed E-state index contributed by atoms with van der Waals surface area (Å²) in [6.45, 7) is 0. The summed E-state index contributed by atoms with van der Waals surface area (Å²) in [5.41, 5.74) is 0.285. The fraction of sp³-hybridized carbons (Fsp3) is 0. The van der Waals surface area contributed by atoms with Crippen LogP contribution >= 0.6 is 11.3 Å². The van der Waals surface area contributed by atoms with E-state index in [1.54, 1.807) is 17.5 Å². The van der Waals surface area contributed by atoms with Crippen LogP contribution in [0.25, 0.3) is 0 Å². The normalized spacial score (nSPS) is 10.1. The van der Waals surface area contributed by atoms with Gasteiger partial charge in [-0.2, -0.15) is 0 Å². The van der Waals surface area contributed by atoms with E-state index in [4.69, 9.17) is 0 Å². The summed E-state index contributed by atoms with van der Waals surface area (Å²) >= 11 is 1.33. The minimum atomic E-state index is -0.493. The Kier molecular flexibility index (Phi) is 2.37. The second-order valence-electron chi connectivity index (χ2n) is 2.70. The van der Waals surface area contributed by atoms with Crippen LogP contribution in [-0.2, 0) is 0 Å². The van der Waals surface area contributed by atoms with Crippen molar-refractivity contribution in [2.24, 2.45) is 0 Å². The SMILES string of the molecule is O=C(c1cncc(F)c1)c1cccs1. The highest BCUT2D eigenvalue weighted by Gasteiger charge is 2.10. The van der Waals surface area contributed by atoms with Gasteiger partial charge in [-0.25, -0.2) is 4.39 Å². The van der Waals surface area contributed by atoms with Gasteiger partial charge in [0.15, 0.2) is 0 Å². The van der Waals surface area contributed by atoms with E-state index in [9.17, 15) is 9.18 Å². The molecule has 0 amide bonds. The highest BCUT2D eigenvalue weighted by Crippen LogP contribution is 2.14. The topological polar surface area (TPSA) is 30.0 Å². The molecule has 0 radical (unpaired) electrons. The highest BCUT2D eigenvalue weighted by molar-refractivity contribution is 7.12. The third kappa shape index (κ3) is 1.70. The van der Waals surface area contributed by atoms with E-state index >= 15 is 0 Å².